The van der Waals surface area contributed by atoms with Crippen LogP contribution in [0.2, 0.25) is 0 Å². The molecule has 1 aromatic rings. The number of carbonyl (C=O) groups is 1. The van der Waals surface area contributed by atoms with Crippen LogP contribution in [0.1, 0.15) is 19.5 Å². The van der Waals surface area contributed by atoms with Gasteiger partial charge in [-0.25, -0.2) is 4.98 Å². The number of H-pyrrole nitrogens is 1. The fraction of sp³-hybridized carbons (Fsp3) is 0.500. The van der Waals surface area contributed by atoms with Gasteiger partial charge in [-0.1, -0.05) is 0 Å². The third kappa shape index (κ3) is 3.08. The van der Waals surface area contributed by atoms with Gasteiger partial charge in [0.05, 0.1) is 12.1 Å². The molecule has 0 amide bonds. The van der Waals surface area contributed by atoms with Crippen LogP contribution in [0, 0.1) is 0 Å². The standard InChI is InChI=1S/C10H15N3O3/c1-3-13(4-2)10-11-7(6-9(15)16)5-8(14)12-10/h5H,3-4,6H2,1-2H3,(H,15,16)(H,11,12,14). The number of aromatic amines is 1. The molecule has 0 atom stereocenters. The van der Waals surface area contributed by atoms with Gasteiger partial charge in [-0.2, -0.15) is 0 Å². The summed E-state index contributed by atoms with van der Waals surface area (Å²) in [4.78, 5) is 30.4. The number of carboxylic acid groups (broad SMARTS) is 1. The molecule has 0 aliphatic heterocycles. The first-order valence-corrected chi connectivity index (χ1v) is 5.13. The Morgan fingerprint density at radius 3 is 2.62 bits per heavy atom. The van der Waals surface area contributed by atoms with Gasteiger partial charge in [0.2, 0.25) is 5.95 Å². The molecule has 6 heteroatoms. The highest BCUT2D eigenvalue weighted by molar-refractivity contribution is 5.69. The van der Waals surface area contributed by atoms with Crippen LogP contribution in [0.25, 0.3) is 0 Å². The van der Waals surface area contributed by atoms with Gasteiger partial charge in [0.1, 0.15) is 0 Å². The normalized spacial score (nSPS) is 10.1. The second kappa shape index (κ2) is 5.29. The van der Waals surface area contributed by atoms with Crippen molar-refractivity contribution >= 4 is 11.9 Å². The van der Waals surface area contributed by atoms with E-state index in [0.29, 0.717) is 19.0 Å². The van der Waals surface area contributed by atoms with E-state index in [1.807, 2.05) is 18.7 Å². The number of nitrogens with zero attached hydrogens (tertiary/aromatic N) is 2. The Morgan fingerprint density at radius 1 is 1.50 bits per heavy atom. The van der Waals surface area contributed by atoms with E-state index in [1.165, 1.54) is 6.07 Å². The highest BCUT2D eigenvalue weighted by Crippen LogP contribution is 2.05. The molecule has 0 saturated carbocycles. The zero-order chi connectivity index (χ0) is 12.1. The maximum absolute atomic E-state index is 11.3. The average Bonchev–Trinajstić information content (AvgIpc) is 2.17. The number of hydrogen-bond donors (Lipinski definition) is 2. The molecule has 88 valence electrons. The molecule has 16 heavy (non-hydrogen) atoms. The summed E-state index contributed by atoms with van der Waals surface area (Å²) in [5.74, 6) is -0.572. The minimum atomic E-state index is -0.997. The van der Waals surface area contributed by atoms with Gasteiger partial charge < -0.3 is 10.0 Å². The number of aromatic nitrogens is 2. The summed E-state index contributed by atoms with van der Waals surface area (Å²) < 4.78 is 0. The van der Waals surface area contributed by atoms with Gasteiger partial charge in [-0.15, -0.1) is 0 Å². The van der Waals surface area contributed by atoms with Crippen LogP contribution < -0.4 is 10.5 Å². The van der Waals surface area contributed by atoms with Crippen LogP contribution in [0.3, 0.4) is 0 Å². The third-order valence-electron chi connectivity index (χ3n) is 2.18. The zero-order valence-corrected chi connectivity index (χ0v) is 9.36. The molecule has 0 aromatic carbocycles. The first-order valence-electron chi connectivity index (χ1n) is 5.13. The highest BCUT2D eigenvalue weighted by Gasteiger charge is 2.09. The smallest absolute Gasteiger partial charge is 0.309 e. The Labute approximate surface area is 92.9 Å². The van der Waals surface area contributed by atoms with E-state index in [-0.39, 0.29) is 17.7 Å². The summed E-state index contributed by atoms with van der Waals surface area (Å²) in [7, 11) is 0. The van der Waals surface area contributed by atoms with Crippen molar-refractivity contribution in [3.63, 3.8) is 0 Å². The van der Waals surface area contributed by atoms with Crippen molar-refractivity contribution in [3.8, 4) is 0 Å². The predicted molar refractivity (Wildman–Crippen MR) is 59.8 cm³/mol. The van der Waals surface area contributed by atoms with Crippen molar-refractivity contribution in [1.82, 2.24) is 9.97 Å². The molecule has 0 spiro atoms. The third-order valence-corrected chi connectivity index (χ3v) is 2.18. The summed E-state index contributed by atoms with van der Waals surface area (Å²) in [6.07, 6.45) is -0.238. The summed E-state index contributed by atoms with van der Waals surface area (Å²) in [5, 5.41) is 8.64. The quantitative estimate of drug-likeness (QED) is 0.749. The molecular formula is C10H15N3O3. The molecule has 0 fully saturated rings. The van der Waals surface area contributed by atoms with Gasteiger partial charge in [0, 0.05) is 19.2 Å². The van der Waals surface area contributed by atoms with E-state index in [4.69, 9.17) is 5.11 Å². The van der Waals surface area contributed by atoms with Crippen molar-refractivity contribution < 1.29 is 9.90 Å². The van der Waals surface area contributed by atoms with E-state index < -0.39 is 5.97 Å². The molecule has 0 aliphatic carbocycles. The van der Waals surface area contributed by atoms with Gasteiger partial charge in [-0.05, 0) is 13.8 Å². The Bertz CT molecular complexity index is 424. The van der Waals surface area contributed by atoms with Crippen LogP contribution in [-0.4, -0.2) is 34.1 Å². The second-order valence-electron chi connectivity index (χ2n) is 3.30. The summed E-state index contributed by atoms with van der Waals surface area (Å²) in [6.45, 7) is 5.28. The fourth-order valence-electron chi connectivity index (χ4n) is 1.41. The molecule has 0 aliphatic rings. The molecule has 1 aromatic heterocycles. The molecule has 1 rings (SSSR count). The Balaban J connectivity index is 3.06. The van der Waals surface area contributed by atoms with Crippen molar-refractivity contribution in [2.24, 2.45) is 0 Å². The monoisotopic (exact) mass is 225 g/mol. The average molecular weight is 225 g/mol. The Kier molecular flexibility index (Phi) is 4.04. The lowest BCUT2D eigenvalue weighted by atomic mass is 10.3. The maximum Gasteiger partial charge on any atom is 0.309 e. The summed E-state index contributed by atoms with van der Waals surface area (Å²) >= 11 is 0. The van der Waals surface area contributed by atoms with Gasteiger partial charge in [0.25, 0.3) is 5.56 Å². The van der Waals surface area contributed by atoms with Crippen molar-refractivity contribution in [2.75, 3.05) is 18.0 Å². The number of nitrogens with one attached hydrogen (secondary N) is 1. The van der Waals surface area contributed by atoms with E-state index in [1.54, 1.807) is 0 Å². The topological polar surface area (TPSA) is 86.3 Å². The highest BCUT2D eigenvalue weighted by atomic mass is 16.4. The van der Waals surface area contributed by atoms with Crippen LogP contribution in [-0.2, 0) is 11.2 Å². The maximum atomic E-state index is 11.3. The van der Waals surface area contributed by atoms with E-state index in [0.717, 1.165) is 0 Å². The molecule has 0 radical (unpaired) electrons. The number of hydrogen-bond acceptors (Lipinski definition) is 4. The molecule has 0 bridgehead atoms. The molecule has 1 heterocycles. The van der Waals surface area contributed by atoms with Crippen LogP contribution in [0.4, 0.5) is 5.95 Å². The lowest BCUT2D eigenvalue weighted by molar-refractivity contribution is -0.136. The number of rotatable bonds is 5. The summed E-state index contributed by atoms with van der Waals surface area (Å²) in [6, 6.07) is 1.21. The lowest BCUT2D eigenvalue weighted by Crippen LogP contribution is -2.27. The molecule has 2 N–H and O–H groups in total. The molecular weight excluding hydrogens is 210 g/mol. The molecule has 0 unspecified atom stereocenters. The Hall–Kier alpha value is -1.85. The lowest BCUT2D eigenvalue weighted by Gasteiger charge is -2.19. The minimum Gasteiger partial charge on any atom is -0.481 e. The van der Waals surface area contributed by atoms with E-state index in [9.17, 15) is 9.59 Å². The molecule has 0 saturated heterocycles. The van der Waals surface area contributed by atoms with Crippen LogP contribution >= 0.6 is 0 Å². The van der Waals surface area contributed by atoms with Crippen molar-refractivity contribution in [2.45, 2.75) is 20.3 Å². The van der Waals surface area contributed by atoms with E-state index in [2.05, 4.69) is 9.97 Å². The van der Waals surface area contributed by atoms with Crippen LogP contribution in [0.15, 0.2) is 10.9 Å². The van der Waals surface area contributed by atoms with Gasteiger partial charge in [-0.3, -0.25) is 14.6 Å². The van der Waals surface area contributed by atoms with E-state index >= 15 is 0 Å². The first kappa shape index (κ1) is 12.2. The van der Waals surface area contributed by atoms with Crippen LogP contribution in [0.5, 0.6) is 0 Å². The van der Waals surface area contributed by atoms with Gasteiger partial charge >= 0.3 is 5.97 Å². The predicted octanol–water partition coefficient (Wildman–Crippen LogP) is 0.243. The summed E-state index contributed by atoms with van der Waals surface area (Å²) in [5.41, 5.74) is -0.0497. The number of anilines is 1. The fourth-order valence-corrected chi connectivity index (χ4v) is 1.41. The molecule has 6 nitrogen and oxygen atoms in total. The first-order chi connectivity index (χ1) is 7.56. The number of carboxylic acids is 1. The van der Waals surface area contributed by atoms with Crippen molar-refractivity contribution in [1.29, 1.82) is 0 Å². The number of aliphatic carboxylic acids is 1. The largest absolute Gasteiger partial charge is 0.481 e. The Morgan fingerprint density at radius 2 is 2.12 bits per heavy atom. The van der Waals surface area contributed by atoms with Crippen molar-refractivity contribution in [3.05, 3.63) is 22.1 Å². The van der Waals surface area contributed by atoms with Gasteiger partial charge in [0.15, 0.2) is 0 Å². The minimum absolute atomic E-state index is 0.238. The second-order valence-corrected chi connectivity index (χ2v) is 3.30. The zero-order valence-electron chi connectivity index (χ0n) is 9.36. The SMILES string of the molecule is CCN(CC)c1nc(CC(=O)O)cc(=O)[nH]1.